The highest BCUT2D eigenvalue weighted by atomic mass is 127. The number of aliphatic imine (C=N–C) groups is 1. The van der Waals surface area contributed by atoms with Gasteiger partial charge >= 0.3 is 0 Å². The van der Waals surface area contributed by atoms with Crippen molar-refractivity contribution in [2.45, 2.75) is 20.3 Å². The zero-order valence-corrected chi connectivity index (χ0v) is 15.5. The molecule has 6 heteroatoms. The number of halogens is 1. The Morgan fingerprint density at radius 1 is 1.33 bits per heavy atom. The number of benzene rings is 1. The zero-order chi connectivity index (χ0) is 15.0. The average Bonchev–Trinajstić information content (AvgIpc) is 2.43. The van der Waals surface area contributed by atoms with Crippen molar-refractivity contribution in [2.24, 2.45) is 10.9 Å². The SMILES string of the molecule is CN=C(NCCc1ccc(OC)cc1O)NCC(C)C.I. The van der Waals surface area contributed by atoms with Gasteiger partial charge in [0.25, 0.3) is 0 Å². The maximum absolute atomic E-state index is 9.87. The maximum Gasteiger partial charge on any atom is 0.190 e. The Kier molecular flexibility index (Phi) is 9.94. The molecule has 120 valence electrons. The number of aromatic hydroxyl groups is 1. The van der Waals surface area contributed by atoms with E-state index < -0.39 is 0 Å². The van der Waals surface area contributed by atoms with Crippen molar-refractivity contribution in [3.63, 3.8) is 0 Å². The smallest absolute Gasteiger partial charge is 0.190 e. The molecule has 5 nitrogen and oxygen atoms in total. The van der Waals surface area contributed by atoms with Crippen LogP contribution in [0.25, 0.3) is 0 Å². The van der Waals surface area contributed by atoms with Crippen molar-refractivity contribution in [2.75, 3.05) is 27.2 Å². The minimum atomic E-state index is 0. The largest absolute Gasteiger partial charge is 0.508 e. The number of hydrogen-bond donors (Lipinski definition) is 3. The number of guanidine groups is 1. The van der Waals surface area contributed by atoms with Crippen LogP contribution < -0.4 is 15.4 Å². The number of rotatable bonds is 6. The Morgan fingerprint density at radius 3 is 2.57 bits per heavy atom. The summed E-state index contributed by atoms with van der Waals surface area (Å²) in [7, 11) is 3.33. The summed E-state index contributed by atoms with van der Waals surface area (Å²) in [5, 5.41) is 16.3. The van der Waals surface area contributed by atoms with Crippen LogP contribution in [0.15, 0.2) is 23.2 Å². The molecule has 0 aliphatic rings. The third-order valence-electron chi connectivity index (χ3n) is 2.88. The second-order valence-electron chi connectivity index (χ2n) is 5.02. The van der Waals surface area contributed by atoms with Crippen LogP contribution in [0.5, 0.6) is 11.5 Å². The number of methoxy groups -OCH3 is 1. The lowest BCUT2D eigenvalue weighted by molar-refractivity contribution is 0.406. The Bertz CT molecular complexity index is 451. The van der Waals surface area contributed by atoms with Gasteiger partial charge in [0, 0.05) is 26.2 Å². The first-order valence-corrected chi connectivity index (χ1v) is 6.87. The van der Waals surface area contributed by atoms with Crippen LogP contribution in [0.2, 0.25) is 0 Å². The van der Waals surface area contributed by atoms with Crippen LogP contribution in [-0.4, -0.2) is 38.3 Å². The highest BCUT2D eigenvalue weighted by Crippen LogP contribution is 2.23. The van der Waals surface area contributed by atoms with Crippen molar-refractivity contribution in [3.05, 3.63) is 23.8 Å². The van der Waals surface area contributed by atoms with Gasteiger partial charge < -0.3 is 20.5 Å². The van der Waals surface area contributed by atoms with Gasteiger partial charge in [-0.2, -0.15) is 0 Å². The van der Waals surface area contributed by atoms with Gasteiger partial charge in [0.05, 0.1) is 7.11 Å². The molecule has 0 aromatic heterocycles. The molecule has 0 aliphatic heterocycles. The second kappa shape index (κ2) is 10.5. The first-order chi connectivity index (χ1) is 9.56. The van der Waals surface area contributed by atoms with E-state index in [1.807, 2.05) is 12.1 Å². The van der Waals surface area contributed by atoms with E-state index >= 15 is 0 Å². The molecular formula is C15H26IN3O2. The molecule has 0 atom stereocenters. The second-order valence-corrected chi connectivity index (χ2v) is 5.02. The third-order valence-corrected chi connectivity index (χ3v) is 2.88. The van der Waals surface area contributed by atoms with E-state index in [4.69, 9.17) is 4.74 Å². The minimum absolute atomic E-state index is 0. The van der Waals surface area contributed by atoms with Gasteiger partial charge in [-0.15, -0.1) is 24.0 Å². The fraction of sp³-hybridized carbons (Fsp3) is 0.533. The number of nitrogens with one attached hydrogen (secondary N) is 2. The molecule has 0 heterocycles. The molecule has 1 aromatic rings. The summed E-state index contributed by atoms with van der Waals surface area (Å²) in [6.07, 6.45) is 0.720. The summed E-state index contributed by atoms with van der Waals surface area (Å²) in [4.78, 5) is 4.15. The van der Waals surface area contributed by atoms with Crippen molar-refractivity contribution in [1.82, 2.24) is 10.6 Å². The average molecular weight is 407 g/mol. The lowest BCUT2D eigenvalue weighted by atomic mass is 10.1. The van der Waals surface area contributed by atoms with Gasteiger partial charge in [-0.25, -0.2) is 0 Å². The Balaban J connectivity index is 0.00000400. The fourth-order valence-electron chi connectivity index (χ4n) is 1.72. The van der Waals surface area contributed by atoms with Crippen LogP contribution in [0.3, 0.4) is 0 Å². The van der Waals surface area contributed by atoms with Gasteiger partial charge in [-0.05, 0) is 24.0 Å². The van der Waals surface area contributed by atoms with Gasteiger partial charge in [-0.1, -0.05) is 19.9 Å². The topological polar surface area (TPSA) is 65.9 Å². The number of nitrogens with zero attached hydrogens (tertiary/aromatic N) is 1. The van der Waals surface area contributed by atoms with Crippen molar-refractivity contribution < 1.29 is 9.84 Å². The highest BCUT2D eigenvalue weighted by molar-refractivity contribution is 14.0. The molecule has 1 rings (SSSR count). The van der Waals surface area contributed by atoms with E-state index in [1.165, 1.54) is 0 Å². The Labute approximate surface area is 144 Å². The molecule has 3 N–H and O–H groups in total. The van der Waals surface area contributed by atoms with Gasteiger partial charge in [-0.3, -0.25) is 4.99 Å². The van der Waals surface area contributed by atoms with Crippen molar-refractivity contribution in [1.29, 1.82) is 0 Å². The van der Waals surface area contributed by atoms with E-state index in [2.05, 4.69) is 29.5 Å². The summed E-state index contributed by atoms with van der Waals surface area (Å²) >= 11 is 0. The molecule has 1 aromatic carbocycles. The highest BCUT2D eigenvalue weighted by Gasteiger charge is 2.04. The van der Waals surface area contributed by atoms with Crippen molar-refractivity contribution in [3.8, 4) is 11.5 Å². The maximum atomic E-state index is 9.87. The summed E-state index contributed by atoms with van der Waals surface area (Å²) in [5.74, 6) is 2.27. The molecule has 0 fully saturated rings. The predicted octanol–water partition coefficient (Wildman–Crippen LogP) is 2.38. The van der Waals surface area contributed by atoms with Crippen LogP contribution in [0.1, 0.15) is 19.4 Å². The quantitative estimate of drug-likeness (QED) is 0.385. The molecule has 0 amide bonds. The normalized spacial score (nSPS) is 11.0. The Morgan fingerprint density at radius 2 is 2.05 bits per heavy atom. The molecule has 0 saturated carbocycles. The molecule has 0 radical (unpaired) electrons. The number of ether oxygens (including phenoxy) is 1. The number of phenolic OH excluding ortho intramolecular Hbond substituents is 1. The van der Waals surface area contributed by atoms with Crippen molar-refractivity contribution >= 4 is 29.9 Å². The van der Waals surface area contributed by atoms with Crippen LogP contribution in [0.4, 0.5) is 0 Å². The fourth-order valence-corrected chi connectivity index (χ4v) is 1.72. The minimum Gasteiger partial charge on any atom is -0.508 e. The van der Waals surface area contributed by atoms with E-state index in [1.54, 1.807) is 20.2 Å². The lowest BCUT2D eigenvalue weighted by Gasteiger charge is -2.13. The first kappa shape index (κ1) is 19.8. The number of phenols is 1. The third kappa shape index (κ3) is 7.40. The first-order valence-electron chi connectivity index (χ1n) is 6.87. The van der Waals surface area contributed by atoms with Gasteiger partial charge in [0.2, 0.25) is 0 Å². The molecule has 0 unspecified atom stereocenters. The summed E-state index contributed by atoms with van der Waals surface area (Å²) < 4.78 is 5.06. The molecule has 0 bridgehead atoms. The summed E-state index contributed by atoms with van der Waals surface area (Å²) in [6.45, 7) is 5.89. The molecule has 21 heavy (non-hydrogen) atoms. The van der Waals surface area contributed by atoms with Gasteiger partial charge in [0.15, 0.2) is 5.96 Å². The molecule has 0 aliphatic carbocycles. The standard InChI is InChI=1S/C15H25N3O2.HI/c1-11(2)10-18-15(16-3)17-8-7-12-5-6-13(20-4)9-14(12)19;/h5-6,9,11,19H,7-8,10H2,1-4H3,(H2,16,17,18);1H. The summed E-state index contributed by atoms with van der Waals surface area (Å²) in [5.41, 5.74) is 0.887. The van der Waals surface area contributed by atoms with E-state index in [0.717, 1.165) is 24.5 Å². The van der Waals surface area contributed by atoms with E-state index in [0.29, 0.717) is 18.2 Å². The van der Waals surface area contributed by atoms with Crippen LogP contribution in [0, 0.1) is 5.92 Å². The molecule has 0 saturated heterocycles. The zero-order valence-electron chi connectivity index (χ0n) is 13.1. The molecular weight excluding hydrogens is 381 g/mol. The van der Waals surface area contributed by atoms with Crippen LogP contribution in [-0.2, 0) is 6.42 Å². The lowest BCUT2D eigenvalue weighted by Crippen LogP contribution is -2.39. The number of hydrogen-bond acceptors (Lipinski definition) is 3. The monoisotopic (exact) mass is 407 g/mol. The van der Waals surface area contributed by atoms with E-state index in [-0.39, 0.29) is 29.7 Å². The van der Waals surface area contributed by atoms with Crippen LogP contribution >= 0.6 is 24.0 Å². The summed E-state index contributed by atoms with van der Waals surface area (Å²) in [6, 6.07) is 5.35. The van der Waals surface area contributed by atoms with Gasteiger partial charge in [0.1, 0.15) is 11.5 Å². The Hall–Kier alpha value is -1.18. The molecule has 0 spiro atoms. The predicted molar refractivity (Wildman–Crippen MR) is 98.0 cm³/mol. The van der Waals surface area contributed by atoms with E-state index in [9.17, 15) is 5.11 Å².